The summed E-state index contributed by atoms with van der Waals surface area (Å²) in [5.74, 6) is -1.23. The van der Waals surface area contributed by atoms with Crippen molar-refractivity contribution in [3.05, 3.63) is 46.2 Å². The van der Waals surface area contributed by atoms with Gasteiger partial charge in [0.05, 0.1) is 5.02 Å². The normalized spacial score (nSPS) is 10.8. The topological polar surface area (TPSA) is 75.1 Å². The number of thiophene rings is 1. The number of nitrogens with one attached hydrogen (secondary N) is 1. The van der Waals surface area contributed by atoms with Crippen LogP contribution < -0.4 is 5.32 Å². The number of benzene rings is 1. The second-order valence-corrected chi connectivity index (χ2v) is 5.56. The highest BCUT2D eigenvalue weighted by atomic mass is 35.5. The minimum atomic E-state index is -1.00. The highest BCUT2D eigenvalue weighted by Crippen LogP contribution is 2.26. The molecule has 0 saturated heterocycles. The molecule has 2 N–H and O–H groups in total. The highest BCUT2D eigenvalue weighted by Gasteiger charge is 2.10. The van der Waals surface area contributed by atoms with Gasteiger partial charge >= 0.3 is 5.97 Å². The van der Waals surface area contributed by atoms with Crippen molar-refractivity contribution in [2.24, 2.45) is 0 Å². The third kappa shape index (κ3) is 2.79. The summed E-state index contributed by atoms with van der Waals surface area (Å²) in [6, 6.07) is 5.67. The van der Waals surface area contributed by atoms with Gasteiger partial charge < -0.3 is 10.4 Å². The van der Waals surface area contributed by atoms with Crippen LogP contribution in [0.1, 0.15) is 9.67 Å². The van der Waals surface area contributed by atoms with E-state index in [1.807, 2.05) is 0 Å². The molecule has 0 bridgehead atoms. The van der Waals surface area contributed by atoms with E-state index < -0.39 is 11.8 Å². The van der Waals surface area contributed by atoms with Crippen molar-refractivity contribution >= 4 is 50.8 Å². The van der Waals surface area contributed by atoms with Gasteiger partial charge in [0, 0.05) is 17.3 Å². The van der Waals surface area contributed by atoms with Crippen LogP contribution in [0.15, 0.2) is 30.5 Å². The molecule has 2 aromatic heterocycles. The standard InChI is InChI=1S/C13H7ClFN3O2S/c14-8-4-7(1-2-9(8)15)17-13-16-5-6-3-10(12(19)20)21-11(6)18-13/h1-5H,(H,19,20)(H,16,17,18). The maximum Gasteiger partial charge on any atom is 0.345 e. The number of carboxylic acids is 1. The molecule has 0 atom stereocenters. The van der Waals surface area contributed by atoms with Crippen LogP contribution in [-0.2, 0) is 0 Å². The number of hydrogen-bond donors (Lipinski definition) is 2. The quantitative estimate of drug-likeness (QED) is 0.764. The Kier molecular flexibility index (Phi) is 3.44. The van der Waals surface area contributed by atoms with Gasteiger partial charge in [-0.2, -0.15) is 0 Å². The minimum Gasteiger partial charge on any atom is -0.477 e. The molecule has 8 heteroatoms. The first-order valence-electron chi connectivity index (χ1n) is 5.75. The average molecular weight is 324 g/mol. The van der Waals surface area contributed by atoms with Crippen molar-refractivity contribution in [3.8, 4) is 0 Å². The molecule has 0 saturated carbocycles. The molecule has 5 nitrogen and oxygen atoms in total. The van der Waals surface area contributed by atoms with Gasteiger partial charge in [-0.25, -0.2) is 19.2 Å². The monoisotopic (exact) mass is 323 g/mol. The first-order valence-corrected chi connectivity index (χ1v) is 6.94. The SMILES string of the molecule is O=C(O)c1cc2cnc(Nc3ccc(F)c(Cl)c3)nc2s1. The summed E-state index contributed by atoms with van der Waals surface area (Å²) < 4.78 is 13.1. The summed E-state index contributed by atoms with van der Waals surface area (Å²) >= 11 is 6.75. The molecule has 1 aromatic carbocycles. The summed E-state index contributed by atoms with van der Waals surface area (Å²) in [7, 11) is 0. The lowest BCUT2D eigenvalue weighted by molar-refractivity contribution is 0.0702. The Morgan fingerprint density at radius 3 is 2.90 bits per heavy atom. The third-order valence-corrected chi connectivity index (χ3v) is 3.98. The average Bonchev–Trinajstić information content (AvgIpc) is 2.86. The Morgan fingerprint density at radius 1 is 1.38 bits per heavy atom. The van der Waals surface area contributed by atoms with Gasteiger partial charge in [0.1, 0.15) is 15.5 Å². The van der Waals surface area contributed by atoms with Crippen molar-refractivity contribution in [1.29, 1.82) is 0 Å². The molecule has 0 aliphatic rings. The maximum atomic E-state index is 13.1. The van der Waals surface area contributed by atoms with E-state index in [4.69, 9.17) is 16.7 Å². The fourth-order valence-corrected chi connectivity index (χ4v) is 2.72. The number of aromatic nitrogens is 2. The smallest absolute Gasteiger partial charge is 0.345 e. The highest BCUT2D eigenvalue weighted by molar-refractivity contribution is 7.20. The zero-order chi connectivity index (χ0) is 15.0. The zero-order valence-electron chi connectivity index (χ0n) is 10.3. The van der Waals surface area contributed by atoms with Crippen LogP contribution in [0.2, 0.25) is 5.02 Å². The summed E-state index contributed by atoms with van der Waals surface area (Å²) in [6.45, 7) is 0. The van der Waals surface area contributed by atoms with E-state index >= 15 is 0 Å². The number of hydrogen-bond acceptors (Lipinski definition) is 5. The molecule has 0 aliphatic carbocycles. The summed E-state index contributed by atoms with van der Waals surface area (Å²) in [5.41, 5.74) is 0.538. The molecule has 3 rings (SSSR count). The Bertz CT molecular complexity index is 853. The summed E-state index contributed by atoms with van der Waals surface area (Å²) in [6.07, 6.45) is 1.53. The summed E-state index contributed by atoms with van der Waals surface area (Å²) in [4.78, 5) is 20.0. The van der Waals surface area contributed by atoms with Crippen molar-refractivity contribution in [1.82, 2.24) is 9.97 Å². The van der Waals surface area contributed by atoms with E-state index in [0.717, 1.165) is 11.3 Å². The van der Waals surface area contributed by atoms with Crippen LogP contribution in [0.3, 0.4) is 0 Å². The van der Waals surface area contributed by atoms with Gasteiger partial charge in [-0.15, -0.1) is 11.3 Å². The number of halogens is 2. The first-order chi connectivity index (χ1) is 10.0. The molecule has 0 unspecified atom stereocenters. The van der Waals surface area contributed by atoms with E-state index in [2.05, 4.69) is 15.3 Å². The zero-order valence-corrected chi connectivity index (χ0v) is 11.9. The Labute approximate surface area is 127 Å². The minimum absolute atomic E-state index is 0.00892. The Hall–Kier alpha value is -2.25. The Balaban J connectivity index is 1.93. The van der Waals surface area contributed by atoms with Gasteiger partial charge in [-0.1, -0.05) is 11.6 Å². The molecule has 21 heavy (non-hydrogen) atoms. The molecule has 2 heterocycles. The molecule has 106 valence electrons. The van der Waals surface area contributed by atoms with Crippen molar-refractivity contribution < 1.29 is 14.3 Å². The van der Waals surface area contributed by atoms with Crippen LogP contribution in [0.25, 0.3) is 10.2 Å². The number of carbonyl (C=O) groups is 1. The van der Waals surface area contributed by atoms with E-state index in [1.54, 1.807) is 0 Å². The molecular weight excluding hydrogens is 317 g/mol. The molecule has 0 fully saturated rings. The molecular formula is C13H7ClFN3O2S. The molecule has 0 spiro atoms. The van der Waals surface area contributed by atoms with Crippen molar-refractivity contribution in [2.75, 3.05) is 5.32 Å². The van der Waals surface area contributed by atoms with Gasteiger partial charge in [0.25, 0.3) is 0 Å². The van der Waals surface area contributed by atoms with E-state index in [1.165, 1.54) is 30.5 Å². The van der Waals surface area contributed by atoms with Gasteiger partial charge in [-0.3, -0.25) is 0 Å². The van der Waals surface area contributed by atoms with Crippen molar-refractivity contribution in [2.45, 2.75) is 0 Å². The molecule has 0 radical (unpaired) electrons. The molecule has 0 aliphatic heterocycles. The lowest BCUT2D eigenvalue weighted by Gasteiger charge is -2.05. The van der Waals surface area contributed by atoms with Gasteiger partial charge in [0.15, 0.2) is 0 Å². The van der Waals surface area contributed by atoms with Gasteiger partial charge in [0.2, 0.25) is 5.95 Å². The van der Waals surface area contributed by atoms with Gasteiger partial charge in [-0.05, 0) is 24.3 Å². The maximum absolute atomic E-state index is 13.1. The Morgan fingerprint density at radius 2 is 2.19 bits per heavy atom. The predicted octanol–water partition coefficient (Wildman–Crippen LogP) is 3.93. The number of nitrogens with zero attached hydrogens (tertiary/aromatic N) is 2. The first kappa shape index (κ1) is 13.7. The summed E-state index contributed by atoms with van der Waals surface area (Å²) in [5, 5.41) is 12.5. The largest absolute Gasteiger partial charge is 0.477 e. The van der Waals surface area contributed by atoms with E-state index in [0.29, 0.717) is 15.9 Å². The fraction of sp³-hybridized carbons (Fsp3) is 0. The third-order valence-electron chi connectivity index (χ3n) is 2.66. The van der Waals surface area contributed by atoms with Crippen LogP contribution in [0.5, 0.6) is 0 Å². The van der Waals surface area contributed by atoms with E-state index in [-0.39, 0.29) is 15.8 Å². The van der Waals surface area contributed by atoms with E-state index in [9.17, 15) is 9.18 Å². The number of carboxylic acid groups (broad SMARTS) is 1. The van der Waals surface area contributed by atoms with Crippen LogP contribution in [0, 0.1) is 5.82 Å². The second kappa shape index (κ2) is 5.27. The number of anilines is 2. The van der Waals surface area contributed by atoms with Crippen LogP contribution >= 0.6 is 22.9 Å². The van der Waals surface area contributed by atoms with Crippen LogP contribution in [-0.4, -0.2) is 21.0 Å². The molecule has 0 amide bonds. The predicted molar refractivity (Wildman–Crippen MR) is 79.1 cm³/mol. The molecule has 3 aromatic rings. The number of rotatable bonds is 3. The lowest BCUT2D eigenvalue weighted by atomic mass is 10.3. The fourth-order valence-electron chi connectivity index (χ4n) is 1.70. The van der Waals surface area contributed by atoms with Crippen LogP contribution in [0.4, 0.5) is 16.0 Å². The number of fused-ring (bicyclic) bond motifs is 1. The number of aromatic carboxylic acids is 1. The lowest BCUT2D eigenvalue weighted by Crippen LogP contribution is -1.96. The second-order valence-electron chi connectivity index (χ2n) is 4.12. The van der Waals surface area contributed by atoms with Crippen molar-refractivity contribution in [3.63, 3.8) is 0 Å².